The minimum Gasteiger partial charge on any atom is -0.376 e. The number of hydrogen-bond donors (Lipinski definition) is 0. The van der Waals surface area contributed by atoms with Crippen LogP contribution in [-0.4, -0.2) is 71.3 Å². The third kappa shape index (κ3) is 5.01. The van der Waals surface area contributed by atoms with E-state index in [1.165, 1.54) is 17.3 Å². The van der Waals surface area contributed by atoms with Gasteiger partial charge in [-0.05, 0) is 50.5 Å². The molecule has 2 aliphatic rings. The first-order valence-electron chi connectivity index (χ1n) is 11.7. The number of hydrogen-bond acceptors (Lipinski definition) is 6. The molecule has 0 spiro atoms. The second-order valence-electron chi connectivity index (χ2n) is 9.08. The van der Waals surface area contributed by atoms with Crippen molar-refractivity contribution >= 4 is 38.5 Å². The molecule has 2 aromatic carbocycles. The summed E-state index contributed by atoms with van der Waals surface area (Å²) in [5.41, 5.74) is 4.02. The van der Waals surface area contributed by atoms with E-state index in [0.717, 1.165) is 34.7 Å². The quantitative estimate of drug-likeness (QED) is 0.462. The Labute approximate surface area is 204 Å². The number of aryl methyl sites for hydroxylation is 1. The topological polar surface area (TPSA) is 81.5 Å². The third-order valence-electron chi connectivity index (χ3n) is 6.54. The lowest BCUT2D eigenvalue weighted by molar-refractivity contribution is -0.131. The number of imidazole rings is 1. The summed E-state index contributed by atoms with van der Waals surface area (Å²) >= 11 is 1.40. The fourth-order valence-corrected chi connectivity index (χ4v) is 7.38. The van der Waals surface area contributed by atoms with E-state index in [1.54, 1.807) is 4.90 Å². The molecule has 2 atom stereocenters. The number of carbonyl (C=O) groups excluding carboxylic acids is 1. The summed E-state index contributed by atoms with van der Waals surface area (Å²) < 4.78 is 32.1. The summed E-state index contributed by atoms with van der Waals surface area (Å²) in [4.78, 5) is 20.0. The van der Waals surface area contributed by atoms with Gasteiger partial charge in [0.15, 0.2) is 15.0 Å². The molecule has 180 valence electrons. The van der Waals surface area contributed by atoms with Crippen molar-refractivity contribution in [2.24, 2.45) is 0 Å². The zero-order valence-corrected chi connectivity index (χ0v) is 20.9. The Morgan fingerprint density at radius 1 is 1.18 bits per heavy atom. The van der Waals surface area contributed by atoms with Gasteiger partial charge in [0, 0.05) is 24.9 Å². The van der Waals surface area contributed by atoms with Crippen LogP contribution in [0.4, 0.5) is 0 Å². The van der Waals surface area contributed by atoms with E-state index in [4.69, 9.17) is 9.72 Å². The van der Waals surface area contributed by atoms with E-state index in [0.29, 0.717) is 19.6 Å². The Kier molecular flexibility index (Phi) is 6.68. The predicted molar refractivity (Wildman–Crippen MR) is 134 cm³/mol. The Morgan fingerprint density at radius 2 is 1.97 bits per heavy atom. The van der Waals surface area contributed by atoms with Gasteiger partial charge >= 0.3 is 0 Å². The van der Waals surface area contributed by atoms with Crippen molar-refractivity contribution in [2.45, 2.75) is 43.5 Å². The normalized spacial score (nSPS) is 21.8. The largest absolute Gasteiger partial charge is 0.376 e. The number of thioether (sulfide) groups is 1. The molecular formula is C25H29N3O4S2. The van der Waals surface area contributed by atoms with Crippen molar-refractivity contribution in [3.05, 3.63) is 54.1 Å². The Morgan fingerprint density at radius 3 is 2.68 bits per heavy atom. The lowest BCUT2D eigenvalue weighted by Gasteiger charge is -2.30. The van der Waals surface area contributed by atoms with Gasteiger partial charge in [0.2, 0.25) is 5.91 Å². The molecule has 34 heavy (non-hydrogen) atoms. The molecule has 2 aliphatic heterocycles. The van der Waals surface area contributed by atoms with Crippen molar-refractivity contribution in [3.63, 3.8) is 0 Å². The second-order valence-corrected chi connectivity index (χ2v) is 12.3. The summed E-state index contributed by atoms with van der Waals surface area (Å²) in [6, 6.07) is 15.9. The van der Waals surface area contributed by atoms with Gasteiger partial charge in [-0.25, -0.2) is 13.4 Å². The number of ether oxygens (including phenoxy) is 1. The Bertz CT molecular complexity index is 1280. The number of fused-ring (bicyclic) bond motifs is 1. The highest BCUT2D eigenvalue weighted by atomic mass is 32.2. The van der Waals surface area contributed by atoms with Crippen molar-refractivity contribution in [1.82, 2.24) is 14.5 Å². The van der Waals surface area contributed by atoms with Gasteiger partial charge in [0.25, 0.3) is 0 Å². The Balaban J connectivity index is 1.39. The van der Waals surface area contributed by atoms with Gasteiger partial charge in [0.05, 0.1) is 34.4 Å². The van der Waals surface area contributed by atoms with Crippen molar-refractivity contribution in [1.29, 1.82) is 0 Å². The van der Waals surface area contributed by atoms with Gasteiger partial charge in [0.1, 0.15) is 0 Å². The molecule has 2 fully saturated rings. The van der Waals surface area contributed by atoms with Crippen LogP contribution in [0.3, 0.4) is 0 Å². The molecule has 0 aliphatic carbocycles. The maximum atomic E-state index is 13.4. The van der Waals surface area contributed by atoms with Crippen LogP contribution in [0.5, 0.6) is 0 Å². The SMILES string of the molecule is Cc1ccc(-n2c(SCC(=O)N(C[C@H]3CCCO3)[C@@H]3CCS(=O)(=O)C3)nc3ccccc32)cc1. The number of rotatable bonds is 7. The number of aromatic nitrogens is 2. The predicted octanol–water partition coefficient (Wildman–Crippen LogP) is 3.62. The zero-order valence-electron chi connectivity index (χ0n) is 19.2. The van der Waals surface area contributed by atoms with Gasteiger partial charge in [-0.1, -0.05) is 41.6 Å². The van der Waals surface area contributed by atoms with Crippen LogP contribution in [0.15, 0.2) is 53.7 Å². The first-order chi connectivity index (χ1) is 16.4. The first-order valence-corrected chi connectivity index (χ1v) is 14.5. The van der Waals surface area contributed by atoms with Gasteiger partial charge in [-0.3, -0.25) is 9.36 Å². The Hall–Kier alpha value is -2.36. The molecule has 1 aromatic heterocycles. The molecule has 3 heterocycles. The number of para-hydroxylation sites is 2. The van der Waals surface area contributed by atoms with Crippen molar-refractivity contribution in [2.75, 3.05) is 30.4 Å². The van der Waals surface area contributed by atoms with Crippen molar-refractivity contribution < 1.29 is 17.9 Å². The average Bonchev–Trinajstić information content (AvgIpc) is 3.55. The van der Waals surface area contributed by atoms with E-state index in [-0.39, 0.29) is 35.3 Å². The van der Waals surface area contributed by atoms with Gasteiger partial charge in [-0.2, -0.15) is 0 Å². The maximum absolute atomic E-state index is 13.4. The third-order valence-corrected chi connectivity index (χ3v) is 9.21. The highest BCUT2D eigenvalue weighted by Crippen LogP contribution is 2.29. The van der Waals surface area contributed by atoms with Crippen molar-refractivity contribution in [3.8, 4) is 5.69 Å². The highest BCUT2D eigenvalue weighted by molar-refractivity contribution is 7.99. The molecule has 1 amide bonds. The van der Waals surface area contributed by atoms with E-state index < -0.39 is 9.84 Å². The van der Waals surface area contributed by atoms with E-state index in [2.05, 4.69) is 35.8 Å². The number of carbonyl (C=O) groups is 1. The van der Waals surface area contributed by atoms with Crippen LogP contribution < -0.4 is 0 Å². The summed E-state index contributed by atoms with van der Waals surface area (Å²) in [5.74, 6) is 0.310. The first kappa shape index (κ1) is 23.4. The van der Waals surface area contributed by atoms with Crippen LogP contribution in [0, 0.1) is 6.92 Å². The molecule has 9 heteroatoms. The average molecular weight is 500 g/mol. The fraction of sp³-hybridized carbons (Fsp3) is 0.440. The molecule has 2 saturated heterocycles. The summed E-state index contributed by atoms with van der Waals surface area (Å²) in [6.45, 7) is 3.20. The number of amides is 1. The molecule has 0 radical (unpaired) electrons. The van der Waals surface area contributed by atoms with Crippen LogP contribution in [-0.2, 0) is 19.4 Å². The molecule has 0 saturated carbocycles. The summed E-state index contributed by atoms with van der Waals surface area (Å²) in [5, 5.41) is 0.745. The van der Waals surface area contributed by atoms with Crippen LogP contribution in [0.2, 0.25) is 0 Å². The summed E-state index contributed by atoms with van der Waals surface area (Å²) in [7, 11) is -3.10. The van der Waals surface area contributed by atoms with Crippen LogP contribution in [0.1, 0.15) is 24.8 Å². The van der Waals surface area contributed by atoms with E-state index >= 15 is 0 Å². The monoisotopic (exact) mass is 499 g/mol. The van der Waals surface area contributed by atoms with E-state index in [1.807, 2.05) is 24.3 Å². The maximum Gasteiger partial charge on any atom is 0.233 e. The minimum absolute atomic E-state index is 0.0191. The highest BCUT2D eigenvalue weighted by Gasteiger charge is 2.36. The number of benzene rings is 2. The molecular weight excluding hydrogens is 470 g/mol. The van der Waals surface area contributed by atoms with Crippen LogP contribution >= 0.6 is 11.8 Å². The standard InChI is InChI=1S/C25H29N3O4S2/c1-18-8-10-19(11-9-18)28-23-7-3-2-6-22(23)26-25(28)33-16-24(29)27(15-21-5-4-13-32-21)20-12-14-34(30,31)17-20/h2-3,6-11,20-21H,4-5,12-17H2,1H3/t20-,21-/m1/s1. The van der Waals surface area contributed by atoms with Gasteiger partial charge in [-0.15, -0.1) is 0 Å². The zero-order chi connectivity index (χ0) is 23.7. The molecule has 5 rings (SSSR count). The smallest absolute Gasteiger partial charge is 0.233 e. The number of nitrogens with zero attached hydrogens (tertiary/aromatic N) is 3. The molecule has 7 nitrogen and oxygen atoms in total. The molecule has 0 unspecified atom stereocenters. The van der Waals surface area contributed by atoms with E-state index in [9.17, 15) is 13.2 Å². The number of sulfone groups is 1. The van der Waals surface area contributed by atoms with Gasteiger partial charge < -0.3 is 9.64 Å². The van der Waals surface area contributed by atoms with Crippen LogP contribution in [0.25, 0.3) is 16.7 Å². The minimum atomic E-state index is -3.10. The molecule has 0 bridgehead atoms. The lowest BCUT2D eigenvalue weighted by Crippen LogP contribution is -2.46. The lowest BCUT2D eigenvalue weighted by atomic mass is 10.1. The molecule has 3 aromatic rings. The second kappa shape index (κ2) is 9.71. The fourth-order valence-electron chi connectivity index (χ4n) is 4.74. The summed E-state index contributed by atoms with van der Waals surface area (Å²) in [6.07, 6.45) is 2.35. The molecule has 0 N–H and O–H groups in total.